The molecule has 1 radical (unpaired) electrons. The summed E-state index contributed by atoms with van der Waals surface area (Å²) in [6.45, 7) is 2.16. The molecule has 1 heterocycles. The van der Waals surface area contributed by atoms with Crippen molar-refractivity contribution in [2.24, 2.45) is 0 Å². The fourth-order valence-electron chi connectivity index (χ4n) is 1.25. The van der Waals surface area contributed by atoms with Crippen molar-refractivity contribution in [2.45, 2.75) is 13.3 Å². The van der Waals surface area contributed by atoms with Crippen LogP contribution in [0.25, 0.3) is 10.9 Å². The topological polar surface area (TPSA) is 15.8 Å². The summed E-state index contributed by atoms with van der Waals surface area (Å²) < 4.78 is 0. The molecule has 0 spiro atoms. The van der Waals surface area contributed by atoms with Crippen LogP contribution >= 0.6 is 0 Å². The Morgan fingerprint density at radius 1 is 1.45 bits per heavy atom. The van der Waals surface area contributed by atoms with Crippen molar-refractivity contribution >= 4 is 10.9 Å². The van der Waals surface area contributed by atoms with Crippen LogP contribution in [-0.4, -0.2) is 4.98 Å². The average Bonchev–Trinajstić information content (AvgIpc) is 2.50. The van der Waals surface area contributed by atoms with Crippen LogP contribution in [0.3, 0.4) is 0 Å². The van der Waals surface area contributed by atoms with E-state index in [1.165, 1.54) is 16.5 Å². The molecule has 0 saturated carbocycles. The fourth-order valence-corrected chi connectivity index (χ4v) is 1.25. The monoisotopic (exact) mass is 144 g/mol. The first-order valence-electron chi connectivity index (χ1n) is 3.88. The number of nitrogens with one attached hydrogen (secondary N) is 1. The number of aromatic nitrogens is 1. The number of benzene rings is 1. The zero-order chi connectivity index (χ0) is 7.68. The second-order valence-electron chi connectivity index (χ2n) is 2.67. The molecule has 1 nitrogen and oxygen atoms in total. The van der Waals surface area contributed by atoms with Crippen LogP contribution in [0, 0.1) is 6.07 Å². The lowest BCUT2D eigenvalue weighted by Gasteiger charge is -1.94. The van der Waals surface area contributed by atoms with Crippen molar-refractivity contribution in [1.29, 1.82) is 0 Å². The van der Waals surface area contributed by atoms with E-state index in [1.54, 1.807) is 0 Å². The molecule has 0 amide bonds. The second kappa shape index (κ2) is 2.42. The van der Waals surface area contributed by atoms with Gasteiger partial charge in [0, 0.05) is 23.2 Å². The van der Waals surface area contributed by atoms with Gasteiger partial charge in [0.25, 0.3) is 0 Å². The van der Waals surface area contributed by atoms with Crippen molar-refractivity contribution in [2.75, 3.05) is 0 Å². The molecule has 1 aromatic carbocycles. The summed E-state index contributed by atoms with van der Waals surface area (Å²) in [5.41, 5.74) is 2.55. The van der Waals surface area contributed by atoms with E-state index >= 15 is 0 Å². The summed E-state index contributed by atoms with van der Waals surface area (Å²) in [5.74, 6) is 0. The summed E-state index contributed by atoms with van der Waals surface area (Å²) in [6.07, 6.45) is 2.94. The largest absolute Gasteiger partial charge is 0.361 e. The lowest BCUT2D eigenvalue weighted by atomic mass is 10.1. The van der Waals surface area contributed by atoms with Gasteiger partial charge >= 0.3 is 0 Å². The normalized spacial score (nSPS) is 10.6. The minimum absolute atomic E-state index is 1.09. The van der Waals surface area contributed by atoms with Crippen molar-refractivity contribution < 1.29 is 0 Å². The van der Waals surface area contributed by atoms with Gasteiger partial charge in [-0.1, -0.05) is 19.1 Å². The van der Waals surface area contributed by atoms with Gasteiger partial charge in [0.05, 0.1) is 0 Å². The van der Waals surface area contributed by atoms with E-state index < -0.39 is 0 Å². The maximum Gasteiger partial charge on any atom is 0.0463 e. The summed E-state index contributed by atoms with van der Waals surface area (Å²) in [5, 5.41) is 1.17. The number of hydrogen-bond donors (Lipinski definition) is 1. The number of H-pyrrole nitrogens is 1. The van der Waals surface area contributed by atoms with E-state index in [1.807, 2.05) is 6.20 Å². The zero-order valence-corrected chi connectivity index (χ0v) is 6.52. The molecule has 11 heavy (non-hydrogen) atoms. The number of fused-ring (bicyclic) bond motifs is 1. The van der Waals surface area contributed by atoms with Crippen LogP contribution in [0.2, 0.25) is 0 Å². The first kappa shape index (κ1) is 6.47. The SMILES string of the molecule is CCc1ccc2[c]c[nH]c2c1. The molecule has 0 aliphatic rings. The smallest absolute Gasteiger partial charge is 0.0463 e. The van der Waals surface area contributed by atoms with Gasteiger partial charge in [0.15, 0.2) is 0 Å². The molecule has 2 aromatic rings. The minimum Gasteiger partial charge on any atom is -0.361 e. The minimum atomic E-state index is 1.09. The van der Waals surface area contributed by atoms with E-state index in [0.717, 1.165) is 6.42 Å². The van der Waals surface area contributed by atoms with Gasteiger partial charge in [-0.05, 0) is 18.1 Å². The lowest BCUT2D eigenvalue weighted by Crippen LogP contribution is -1.77. The predicted molar refractivity (Wildman–Crippen MR) is 46.5 cm³/mol. The molecule has 0 bridgehead atoms. The number of rotatable bonds is 1. The van der Waals surface area contributed by atoms with Crippen molar-refractivity contribution in [3.8, 4) is 0 Å². The molecule has 0 aliphatic carbocycles. The number of aryl methyl sites for hydroxylation is 1. The summed E-state index contributed by atoms with van der Waals surface area (Å²) in [4.78, 5) is 3.14. The Morgan fingerprint density at radius 3 is 3.18 bits per heavy atom. The van der Waals surface area contributed by atoms with Crippen LogP contribution < -0.4 is 0 Å². The molecule has 2 rings (SSSR count). The molecule has 0 unspecified atom stereocenters. The molecule has 1 heteroatoms. The highest BCUT2D eigenvalue weighted by Gasteiger charge is 1.94. The van der Waals surface area contributed by atoms with Crippen molar-refractivity contribution in [1.82, 2.24) is 4.98 Å². The third-order valence-electron chi connectivity index (χ3n) is 1.95. The van der Waals surface area contributed by atoms with E-state index in [4.69, 9.17) is 0 Å². The first-order valence-corrected chi connectivity index (χ1v) is 3.88. The highest BCUT2D eigenvalue weighted by molar-refractivity contribution is 5.79. The number of aromatic amines is 1. The van der Waals surface area contributed by atoms with Crippen LogP contribution in [-0.2, 0) is 6.42 Å². The third kappa shape index (κ3) is 1.03. The van der Waals surface area contributed by atoms with Crippen LogP contribution in [0.4, 0.5) is 0 Å². The Hall–Kier alpha value is -1.24. The van der Waals surface area contributed by atoms with Gasteiger partial charge in [-0.25, -0.2) is 0 Å². The maximum atomic E-state index is 3.14. The zero-order valence-electron chi connectivity index (χ0n) is 6.52. The second-order valence-corrected chi connectivity index (χ2v) is 2.67. The van der Waals surface area contributed by atoms with E-state index in [-0.39, 0.29) is 0 Å². The van der Waals surface area contributed by atoms with Crippen LogP contribution in [0.15, 0.2) is 24.4 Å². The quantitative estimate of drug-likeness (QED) is 0.633. The van der Waals surface area contributed by atoms with E-state index in [9.17, 15) is 0 Å². The Balaban J connectivity index is 2.67. The van der Waals surface area contributed by atoms with Crippen molar-refractivity contribution in [3.05, 3.63) is 36.0 Å². The van der Waals surface area contributed by atoms with Crippen molar-refractivity contribution in [3.63, 3.8) is 0 Å². The van der Waals surface area contributed by atoms with E-state index in [2.05, 4.69) is 36.2 Å². The highest BCUT2D eigenvalue weighted by atomic mass is 14.7. The third-order valence-corrected chi connectivity index (χ3v) is 1.95. The molecular weight excluding hydrogens is 134 g/mol. The fraction of sp³-hybridized carbons (Fsp3) is 0.200. The average molecular weight is 144 g/mol. The molecule has 55 valence electrons. The van der Waals surface area contributed by atoms with E-state index in [0.29, 0.717) is 0 Å². The summed E-state index contributed by atoms with van der Waals surface area (Å²) in [7, 11) is 0. The molecule has 1 N–H and O–H groups in total. The lowest BCUT2D eigenvalue weighted by molar-refractivity contribution is 1.14. The predicted octanol–water partition coefficient (Wildman–Crippen LogP) is 2.53. The maximum absolute atomic E-state index is 3.14. The van der Waals surface area contributed by atoms with Crippen LogP contribution in [0.5, 0.6) is 0 Å². The summed E-state index contributed by atoms with van der Waals surface area (Å²) >= 11 is 0. The standard InChI is InChI=1S/C10H10N/c1-2-8-3-4-9-5-6-11-10(9)7-8/h3-4,6-7,11H,2H2,1H3. The van der Waals surface area contributed by atoms with Gasteiger partial charge in [0.2, 0.25) is 0 Å². The molecular formula is C10H10N. The molecule has 0 atom stereocenters. The first-order chi connectivity index (χ1) is 5.40. The Morgan fingerprint density at radius 2 is 2.36 bits per heavy atom. The summed E-state index contributed by atoms with van der Waals surface area (Å²) in [6, 6.07) is 9.54. The Kier molecular flexibility index (Phi) is 1.42. The molecule has 0 fully saturated rings. The van der Waals surface area contributed by atoms with Gasteiger partial charge < -0.3 is 4.98 Å². The van der Waals surface area contributed by atoms with Gasteiger partial charge in [-0.15, -0.1) is 0 Å². The molecule has 0 aliphatic heterocycles. The number of hydrogen-bond acceptors (Lipinski definition) is 0. The Labute approximate surface area is 66.1 Å². The molecule has 0 saturated heterocycles. The highest BCUT2D eigenvalue weighted by Crippen LogP contribution is 2.13. The van der Waals surface area contributed by atoms with Gasteiger partial charge in [-0.3, -0.25) is 0 Å². The van der Waals surface area contributed by atoms with Gasteiger partial charge in [-0.2, -0.15) is 0 Å². The molecule has 1 aromatic heterocycles. The van der Waals surface area contributed by atoms with Crippen LogP contribution in [0.1, 0.15) is 12.5 Å². The van der Waals surface area contributed by atoms with Gasteiger partial charge in [0.1, 0.15) is 0 Å². The Bertz CT molecular complexity index is 360.